The minimum Gasteiger partial charge on any atom is -0.465 e. The van der Waals surface area contributed by atoms with Gasteiger partial charge in [0.2, 0.25) is 5.91 Å². The van der Waals surface area contributed by atoms with Crippen LogP contribution in [-0.4, -0.2) is 65.5 Å². The van der Waals surface area contributed by atoms with Gasteiger partial charge < -0.3 is 14.4 Å². The maximum Gasteiger partial charge on any atom is 0.337 e. The number of fused-ring (bicyclic) bond motifs is 1. The molecule has 29 heavy (non-hydrogen) atoms. The van der Waals surface area contributed by atoms with Gasteiger partial charge in [-0.1, -0.05) is 11.8 Å². The highest BCUT2D eigenvalue weighted by atomic mass is 32.2. The van der Waals surface area contributed by atoms with E-state index in [9.17, 15) is 14.4 Å². The minimum atomic E-state index is -0.498. The normalized spacial score (nSPS) is 17.3. The van der Waals surface area contributed by atoms with Crippen LogP contribution in [0, 0.1) is 0 Å². The minimum absolute atomic E-state index is 0.0551. The fourth-order valence-electron chi connectivity index (χ4n) is 3.26. The molecule has 0 spiro atoms. The van der Waals surface area contributed by atoms with Crippen LogP contribution in [0.2, 0.25) is 0 Å². The molecule has 8 nitrogen and oxygen atoms in total. The average molecular weight is 420 g/mol. The number of esters is 1. The maximum absolute atomic E-state index is 13.2. The summed E-state index contributed by atoms with van der Waals surface area (Å²) in [6, 6.07) is 4.69. The van der Waals surface area contributed by atoms with E-state index < -0.39 is 11.2 Å². The van der Waals surface area contributed by atoms with Crippen LogP contribution in [0.5, 0.6) is 0 Å². The van der Waals surface area contributed by atoms with E-state index in [2.05, 4.69) is 4.98 Å². The first-order chi connectivity index (χ1) is 13.8. The molecule has 2 aromatic rings. The second-order valence-corrected chi connectivity index (χ2v) is 8.47. The molecule has 1 fully saturated rings. The van der Waals surface area contributed by atoms with Crippen molar-refractivity contribution >= 4 is 34.5 Å². The van der Waals surface area contributed by atoms with Gasteiger partial charge in [-0.25, -0.2) is 9.78 Å². The number of hydrogen-bond acceptors (Lipinski definition) is 7. The predicted molar refractivity (Wildman–Crippen MR) is 110 cm³/mol. The first-order valence-electron chi connectivity index (χ1n) is 9.44. The van der Waals surface area contributed by atoms with E-state index in [-0.39, 0.29) is 17.6 Å². The number of amides is 1. The van der Waals surface area contributed by atoms with E-state index in [1.165, 1.54) is 23.8 Å². The molecule has 1 saturated heterocycles. The zero-order chi connectivity index (χ0) is 21.1. The fourth-order valence-corrected chi connectivity index (χ4v) is 4.32. The van der Waals surface area contributed by atoms with Crippen LogP contribution >= 0.6 is 11.8 Å². The summed E-state index contributed by atoms with van der Waals surface area (Å²) in [6.07, 6.45) is 1.78. The first kappa shape index (κ1) is 21.3. The standard InChI is InChI=1S/C20H25N3O5S/c1-12(17(24)22(2)3)29-20-21-16-10-13(19(26)27-4)7-8-15(16)18(25)23(20)11-14-6-5-9-28-14/h7-8,10,12,14H,5-6,9,11H2,1-4H3/t12-,14+/m1/s1. The number of thioether (sulfide) groups is 1. The number of ether oxygens (including phenoxy) is 2. The zero-order valence-electron chi connectivity index (χ0n) is 17.0. The quantitative estimate of drug-likeness (QED) is 0.401. The molecule has 1 aromatic heterocycles. The van der Waals surface area contributed by atoms with Crippen LogP contribution < -0.4 is 5.56 Å². The molecule has 0 unspecified atom stereocenters. The molecule has 1 aliphatic rings. The summed E-state index contributed by atoms with van der Waals surface area (Å²) >= 11 is 1.23. The summed E-state index contributed by atoms with van der Waals surface area (Å²) in [4.78, 5) is 43.6. The number of aromatic nitrogens is 2. The Balaban J connectivity index is 2.08. The van der Waals surface area contributed by atoms with Gasteiger partial charge in [-0.2, -0.15) is 0 Å². The summed E-state index contributed by atoms with van der Waals surface area (Å²) < 4.78 is 12.0. The second-order valence-electron chi connectivity index (χ2n) is 7.16. The molecular weight excluding hydrogens is 394 g/mol. The second kappa shape index (κ2) is 8.96. The fraction of sp³-hybridized carbons (Fsp3) is 0.500. The van der Waals surface area contributed by atoms with Crippen LogP contribution in [0.1, 0.15) is 30.1 Å². The Bertz CT molecular complexity index is 982. The molecule has 2 atom stereocenters. The van der Waals surface area contributed by atoms with Gasteiger partial charge in [0.15, 0.2) is 5.16 Å². The van der Waals surface area contributed by atoms with Crippen LogP contribution in [0.3, 0.4) is 0 Å². The van der Waals surface area contributed by atoms with Crippen molar-refractivity contribution in [2.75, 3.05) is 27.8 Å². The van der Waals surface area contributed by atoms with Crippen molar-refractivity contribution in [3.05, 3.63) is 34.1 Å². The largest absolute Gasteiger partial charge is 0.465 e. The Morgan fingerprint density at radius 2 is 2.17 bits per heavy atom. The monoisotopic (exact) mass is 419 g/mol. The Hall–Kier alpha value is -2.39. The van der Waals surface area contributed by atoms with E-state index >= 15 is 0 Å². The van der Waals surface area contributed by atoms with E-state index in [0.29, 0.717) is 34.8 Å². The number of carbonyl (C=O) groups excluding carboxylic acids is 2. The van der Waals surface area contributed by atoms with E-state index in [1.54, 1.807) is 43.8 Å². The van der Waals surface area contributed by atoms with Crippen molar-refractivity contribution in [2.24, 2.45) is 0 Å². The highest BCUT2D eigenvalue weighted by Crippen LogP contribution is 2.25. The van der Waals surface area contributed by atoms with Crippen molar-refractivity contribution in [2.45, 2.75) is 42.8 Å². The Labute approximate surface area is 173 Å². The van der Waals surface area contributed by atoms with Crippen molar-refractivity contribution in [3.63, 3.8) is 0 Å². The van der Waals surface area contributed by atoms with E-state index in [0.717, 1.165) is 12.8 Å². The molecule has 0 N–H and O–H groups in total. The first-order valence-corrected chi connectivity index (χ1v) is 10.3. The molecule has 1 aromatic carbocycles. The number of hydrogen-bond donors (Lipinski definition) is 0. The van der Waals surface area contributed by atoms with E-state index in [1.807, 2.05) is 0 Å². The lowest BCUT2D eigenvalue weighted by Gasteiger charge is -2.20. The lowest BCUT2D eigenvalue weighted by molar-refractivity contribution is -0.127. The molecule has 9 heteroatoms. The highest BCUT2D eigenvalue weighted by Gasteiger charge is 2.24. The molecular formula is C20H25N3O5S. The van der Waals surface area contributed by atoms with Crippen molar-refractivity contribution in [1.82, 2.24) is 14.5 Å². The molecule has 1 amide bonds. The predicted octanol–water partition coefficient (Wildman–Crippen LogP) is 1.93. The Kier molecular flexibility index (Phi) is 6.59. The number of carbonyl (C=O) groups is 2. The third kappa shape index (κ3) is 4.62. The van der Waals surface area contributed by atoms with Gasteiger partial charge in [0.25, 0.3) is 5.56 Å². The van der Waals surface area contributed by atoms with Gasteiger partial charge in [-0.15, -0.1) is 0 Å². The summed E-state index contributed by atoms with van der Waals surface area (Å²) in [6.45, 7) is 2.84. The lowest BCUT2D eigenvalue weighted by Crippen LogP contribution is -2.32. The Morgan fingerprint density at radius 3 is 2.79 bits per heavy atom. The summed E-state index contributed by atoms with van der Waals surface area (Å²) in [7, 11) is 4.68. The van der Waals surface area contributed by atoms with Crippen molar-refractivity contribution < 1.29 is 19.1 Å². The third-order valence-corrected chi connectivity index (χ3v) is 5.90. The molecule has 0 aliphatic carbocycles. The topological polar surface area (TPSA) is 90.7 Å². The lowest BCUT2D eigenvalue weighted by atomic mass is 10.1. The molecule has 0 radical (unpaired) electrons. The third-order valence-electron chi connectivity index (χ3n) is 4.82. The number of benzene rings is 1. The highest BCUT2D eigenvalue weighted by molar-refractivity contribution is 8.00. The number of rotatable bonds is 6. The summed E-state index contributed by atoms with van der Waals surface area (Å²) in [5.41, 5.74) is 0.500. The van der Waals surface area contributed by atoms with Crippen molar-refractivity contribution in [3.8, 4) is 0 Å². The molecule has 3 rings (SSSR count). The van der Waals surface area contributed by atoms with Crippen molar-refractivity contribution in [1.29, 1.82) is 0 Å². The smallest absolute Gasteiger partial charge is 0.337 e. The van der Waals surface area contributed by atoms with E-state index in [4.69, 9.17) is 9.47 Å². The maximum atomic E-state index is 13.2. The number of methoxy groups -OCH3 is 1. The van der Waals surface area contributed by atoms with Gasteiger partial charge in [-0.05, 0) is 38.0 Å². The molecule has 156 valence electrons. The zero-order valence-corrected chi connectivity index (χ0v) is 17.8. The SMILES string of the molecule is COC(=O)c1ccc2c(=O)n(C[C@@H]3CCCO3)c(S[C@H](C)C(=O)N(C)C)nc2c1. The Morgan fingerprint density at radius 1 is 1.41 bits per heavy atom. The summed E-state index contributed by atoms with van der Waals surface area (Å²) in [5.74, 6) is -0.570. The van der Waals surface area contributed by atoms with Gasteiger partial charge in [0.1, 0.15) is 0 Å². The van der Waals surface area contributed by atoms with Gasteiger partial charge in [-0.3, -0.25) is 14.2 Å². The van der Waals surface area contributed by atoms with Crippen LogP contribution in [0.4, 0.5) is 0 Å². The molecule has 1 aliphatic heterocycles. The summed E-state index contributed by atoms with van der Waals surface area (Å²) in [5, 5.41) is 0.420. The molecule has 0 bridgehead atoms. The number of nitrogens with zero attached hydrogens (tertiary/aromatic N) is 3. The van der Waals surface area contributed by atoms with Gasteiger partial charge >= 0.3 is 5.97 Å². The molecule has 0 saturated carbocycles. The molecule has 2 heterocycles. The van der Waals surface area contributed by atoms with Crippen LogP contribution in [-0.2, 0) is 20.8 Å². The van der Waals surface area contributed by atoms with Crippen LogP contribution in [0.25, 0.3) is 10.9 Å². The van der Waals surface area contributed by atoms with Gasteiger partial charge in [0.05, 0.1) is 41.5 Å². The van der Waals surface area contributed by atoms with Gasteiger partial charge in [0, 0.05) is 20.7 Å². The van der Waals surface area contributed by atoms with Crippen LogP contribution in [0.15, 0.2) is 28.2 Å². The average Bonchev–Trinajstić information content (AvgIpc) is 3.22.